The lowest BCUT2D eigenvalue weighted by molar-refractivity contribution is -0.274. The van der Waals surface area contributed by atoms with Crippen molar-refractivity contribution in [2.45, 2.75) is 24.6 Å². The van der Waals surface area contributed by atoms with Crippen LogP contribution in [0.1, 0.15) is 24.0 Å². The van der Waals surface area contributed by atoms with Crippen LogP contribution in [0, 0.1) is 0 Å². The van der Waals surface area contributed by atoms with Gasteiger partial charge in [0.1, 0.15) is 0 Å². The van der Waals surface area contributed by atoms with Gasteiger partial charge in [-0.3, -0.25) is 4.98 Å². The van der Waals surface area contributed by atoms with Crippen LogP contribution < -0.4 is 0 Å². The quantitative estimate of drug-likeness (QED) is 0.850. The van der Waals surface area contributed by atoms with Crippen molar-refractivity contribution in [3.63, 3.8) is 0 Å². The molecule has 1 aromatic heterocycles. The van der Waals surface area contributed by atoms with Gasteiger partial charge in [-0.15, -0.1) is 0 Å². The standard InChI is InChI=1S/C15H12Cl2F3NO/c1-9(10-2-3-12(16)13(17)8-10)14(22,15(18,19)20)11-4-6-21-7-5-11/h2-9,22H,1H3. The minimum Gasteiger partial charge on any atom is -0.376 e. The first-order valence-corrected chi connectivity index (χ1v) is 7.08. The fraction of sp³-hybridized carbons (Fsp3) is 0.267. The number of pyridine rings is 1. The molecule has 0 amide bonds. The molecule has 2 rings (SSSR count). The van der Waals surface area contributed by atoms with Gasteiger partial charge in [-0.2, -0.15) is 13.2 Å². The van der Waals surface area contributed by atoms with Gasteiger partial charge >= 0.3 is 6.18 Å². The fourth-order valence-corrected chi connectivity index (χ4v) is 2.59. The minimum atomic E-state index is -4.88. The highest BCUT2D eigenvalue weighted by Crippen LogP contribution is 2.48. The molecule has 2 unspecified atom stereocenters. The molecule has 0 saturated carbocycles. The molecule has 0 fully saturated rings. The molecule has 2 atom stereocenters. The average Bonchev–Trinajstić information content (AvgIpc) is 2.48. The first kappa shape index (κ1) is 17.1. The Morgan fingerprint density at radius 3 is 2.14 bits per heavy atom. The molecule has 0 spiro atoms. The molecule has 0 radical (unpaired) electrons. The second kappa shape index (κ2) is 6.07. The van der Waals surface area contributed by atoms with E-state index in [0.29, 0.717) is 0 Å². The molecule has 0 aliphatic heterocycles. The van der Waals surface area contributed by atoms with Gasteiger partial charge in [0, 0.05) is 18.3 Å². The smallest absolute Gasteiger partial charge is 0.376 e. The van der Waals surface area contributed by atoms with Gasteiger partial charge in [0.15, 0.2) is 5.60 Å². The highest BCUT2D eigenvalue weighted by Gasteiger charge is 2.58. The average molecular weight is 350 g/mol. The number of halogens is 5. The first-order chi connectivity index (χ1) is 10.2. The molecular weight excluding hydrogens is 338 g/mol. The monoisotopic (exact) mass is 349 g/mol. The second-order valence-electron chi connectivity index (χ2n) is 4.90. The Morgan fingerprint density at radius 1 is 1.05 bits per heavy atom. The molecule has 118 valence electrons. The molecule has 0 saturated heterocycles. The van der Waals surface area contributed by atoms with E-state index in [0.717, 1.165) is 12.1 Å². The van der Waals surface area contributed by atoms with Gasteiger partial charge in [0.25, 0.3) is 0 Å². The Balaban J connectivity index is 2.57. The van der Waals surface area contributed by atoms with Gasteiger partial charge in [-0.25, -0.2) is 0 Å². The zero-order valence-electron chi connectivity index (χ0n) is 11.4. The molecule has 2 aromatic rings. The van der Waals surface area contributed by atoms with Crippen LogP contribution in [-0.2, 0) is 5.60 Å². The van der Waals surface area contributed by atoms with E-state index in [1.54, 1.807) is 0 Å². The summed E-state index contributed by atoms with van der Waals surface area (Å²) in [4.78, 5) is 3.68. The van der Waals surface area contributed by atoms with Gasteiger partial charge < -0.3 is 5.11 Å². The summed E-state index contributed by atoms with van der Waals surface area (Å²) < 4.78 is 40.7. The summed E-state index contributed by atoms with van der Waals surface area (Å²) in [6.07, 6.45) is -2.47. The van der Waals surface area contributed by atoms with Crippen molar-refractivity contribution in [3.05, 3.63) is 63.9 Å². The molecule has 1 heterocycles. The zero-order chi connectivity index (χ0) is 16.5. The van der Waals surface area contributed by atoms with Crippen LogP contribution in [0.2, 0.25) is 10.0 Å². The Hall–Kier alpha value is -1.30. The Bertz CT molecular complexity index is 664. The highest BCUT2D eigenvalue weighted by molar-refractivity contribution is 6.42. The van der Waals surface area contributed by atoms with Crippen LogP contribution in [0.25, 0.3) is 0 Å². The number of aromatic nitrogens is 1. The Labute approximate surface area is 135 Å². The number of aliphatic hydroxyl groups is 1. The van der Waals surface area contributed by atoms with Crippen molar-refractivity contribution >= 4 is 23.2 Å². The third-order valence-electron chi connectivity index (χ3n) is 3.62. The fourth-order valence-electron chi connectivity index (χ4n) is 2.29. The third-order valence-corrected chi connectivity index (χ3v) is 4.36. The van der Waals surface area contributed by atoms with Crippen molar-refractivity contribution in [1.82, 2.24) is 4.98 Å². The van der Waals surface area contributed by atoms with Crippen molar-refractivity contribution in [2.24, 2.45) is 0 Å². The number of benzene rings is 1. The van der Waals surface area contributed by atoms with Gasteiger partial charge in [0.2, 0.25) is 0 Å². The summed E-state index contributed by atoms with van der Waals surface area (Å²) in [5, 5.41) is 10.8. The molecule has 0 aliphatic rings. The lowest BCUT2D eigenvalue weighted by atomic mass is 9.78. The van der Waals surface area contributed by atoms with Crippen LogP contribution in [0.3, 0.4) is 0 Å². The van der Waals surface area contributed by atoms with E-state index in [4.69, 9.17) is 23.2 Å². The zero-order valence-corrected chi connectivity index (χ0v) is 12.9. The Kier molecular flexibility index (Phi) is 4.70. The summed E-state index contributed by atoms with van der Waals surface area (Å²) in [7, 11) is 0. The molecule has 0 aliphatic carbocycles. The Morgan fingerprint density at radius 2 is 1.64 bits per heavy atom. The third kappa shape index (κ3) is 2.93. The highest BCUT2D eigenvalue weighted by atomic mass is 35.5. The summed E-state index contributed by atoms with van der Waals surface area (Å²) in [5.74, 6) is -1.29. The predicted molar refractivity (Wildman–Crippen MR) is 79.1 cm³/mol. The summed E-state index contributed by atoms with van der Waals surface area (Å²) >= 11 is 11.6. The first-order valence-electron chi connectivity index (χ1n) is 6.32. The summed E-state index contributed by atoms with van der Waals surface area (Å²) in [5.41, 5.74) is -3.12. The van der Waals surface area contributed by atoms with E-state index in [2.05, 4.69) is 4.98 Å². The number of hydrogen-bond donors (Lipinski definition) is 1. The van der Waals surface area contributed by atoms with E-state index >= 15 is 0 Å². The predicted octanol–water partition coefficient (Wildman–Crippen LogP) is 4.94. The molecular formula is C15H12Cl2F3NO. The van der Waals surface area contributed by atoms with Crippen molar-refractivity contribution in [3.8, 4) is 0 Å². The summed E-state index contributed by atoms with van der Waals surface area (Å²) in [6.45, 7) is 1.29. The number of hydrogen-bond acceptors (Lipinski definition) is 2. The maximum Gasteiger partial charge on any atom is 0.422 e. The molecule has 2 nitrogen and oxygen atoms in total. The van der Waals surface area contributed by atoms with Gasteiger partial charge in [-0.05, 0) is 35.4 Å². The largest absolute Gasteiger partial charge is 0.422 e. The van der Waals surface area contributed by atoms with Crippen molar-refractivity contribution in [2.75, 3.05) is 0 Å². The van der Waals surface area contributed by atoms with Crippen LogP contribution in [0.4, 0.5) is 13.2 Å². The number of alkyl halides is 3. The SMILES string of the molecule is CC(c1ccc(Cl)c(Cl)c1)C(O)(c1ccncc1)C(F)(F)F. The van der Waals surface area contributed by atoms with E-state index in [1.807, 2.05) is 0 Å². The van der Waals surface area contributed by atoms with Crippen LogP contribution >= 0.6 is 23.2 Å². The molecule has 1 aromatic carbocycles. The van der Waals surface area contributed by atoms with E-state index < -0.39 is 17.7 Å². The summed E-state index contributed by atoms with van der Waals surface area (Å²) in [6, 6.07) is 6.42. The second-order valence-corrected chi connectivity index (χ2v) is 5.71. The normalized spacial score (nSPS) is 16.1. The van der Waals surface area contributed by atoms with E-state index in [9.17, 15) is 18.3 Å². The van der Waals surface area contributed by atoms with Crippen LogP contribution in [-0.4, -0.2) is 16.3 Å². The van der Waals surface area contributed by atoms with E-state index in [1.165, 1.54) is 37.5 Å². The molecule has 1 N–H and O–H groups in total. The minimum absolute atomic E-state index is 0.130. The maximum atomic E-state index is 13.6. The van der Waals surface area contributed by atoms with Crippen LogP contribution in [0.15, 0.2) is 42.7 Å². The molecule has 7 heteroatoms. The van der Waals surface area contributed by atoms with Crippen molar-refractivity contribution < 1.29 is 18.3 Å². The van der Waals surface area contributed by atoms with Crippen molar-refractivity contribution in [1.29, 1.82) is 0 Å². The lowest BCUT2D eigenvalue weighted by Gasteiger charge is -2.36. The van der Waals surface area contributed by atoms with Gasteiger partial charge in [-0.1, -0.05) is 36.2 Å². The molecule has 0 bridgehead atoms. The maximum absolute atomic E-state index is 13.6. The van der Waals surface area contributed by atoms with E-state index in [-0.39, 0.29) is 21.2 Å². The lowest BCUT2D eigenvalue weighted by Crippen LogP contribution is -2.46. The van der Waals surface area contributed by atoms with Crippen LogP contribution in [0.5, 0.6) is 0 Å². The van der Waals surface area contributed by atoms with Gasteiger partial charge in [0.05, 0.1) is 10.0 Å². The number of rotatable bonds is 3. The topological polar surface area (TPSA) is 33.1 Å². The number of nitrogens with zero attached hydrogens (tertiary/aromatic N) is 1. The molecule has 22 heavy (non-hydrogen) atoms.